The summed E-state index contributed by atoms with van der Waals surface area (Å²) < 4.78 is 0. The lowest BCUT2D eigenvalue weighted by molar-refractivity contribution is -0.130. The average Bonchev–Trinajstić information content (AvgIpc) is 2.80. The van der Waals surface area contributed by atoms with E-state index < -0.39 is 24.1 Å². The third-order valence-electron chi connectivity index (χ3n) is 6.19. The van der Waals surface area contributed by atoms with Crippen molar-refractivity contribution in [3.63, 3.8) is 0 Å². The summed E-state index contributed by atoms with van der Waals surface area (Å²) in [5.74, 6) is -0.184. The summed E-state index contributed by atoms with van der Waals surface area (Å²) in [5.41, 5.74) is 1.16. The van der Waals surface area contributed by atoms with Gasteiger partial charge in [0.25, 0.3) is 0 Å². The summed E-state index contributed by atoms with van der Waals surface area (Å²) in [4.78, 5) is 38.0. The van der Waals surface area contributed by atoms with E-state index in [-0.39, 0.29) is 18.9 Å². The molecule has 1 aromatic rings. The number of hydrogen-bond donors (Lipinski definition) is 4. The van der Waals surface area contributed by atoms with Gasteiger partial charge in [0.2, 0.25) is 11.8 Å². The van der Waals surface area contributed by atoms with E-state index in [1.807, 2.05) is 30.3 Å². The van der Waals surface area contributed by atoms with Crippen LogP contribution in [0.15, 0.2) is 30.3 Å². The van der Waals surface area contributed by atoms with Gasteiger partial charge in [-0.15, -0.1) is 0 Å². The van der Waals surface area contributed by atoms with Gasteiger partial charge in [-0.25, -0.2) is 4.79 Å². The van der Waals surface area contributed by atoms with Gasteiger partial charge in [0.1, 0.15) is 6.04 Å². The molecule has 32 heavy (non-hydrogen) atoms. The summed E-state index contributed by atoms with van der Waals surface area (Å²) >= 11 is 0. The zero-order valence-electron chi connectivity index (χ0n) is 19.0. The van der Waals surface area contributed by atoms with Gasteiger partial charge < -0.3 is 25.7 Å². The van der Waals surface area contributed by atoms with Crippen molar-refractivity contribution in [1.82, 2.24) is 15.5 Å². The smallest absolute Gasteiger partial charge is 0.405 e. The predicted octanol–water partition coefficient (Wildman–Crippen LogP) is 2.55. The molecule has 0 unspecified atom stereocenters. The van der Waals surface area contributed by atoms with Crippen molar-refractivity contribution in [3.8, 4) is 0 Å². The Morgan fingerprint density at radius 2 is 1.78 bits per heavy atom. The lowest BCUT2D eigenvalue weighted by atomic mass is 9.84. The molecule has 1 aliphatic carbocycles. The number of amides is 3. The van der Waals surface area contributed by atoms with Crippen LogP contribution in [0.2, 0.25) is 0 Å². The number of aliphatic hydroxyl groups is 1. The Kier molecular flexibility index (Phi) is 11.0. The Hall–Kier alpha value is -2.61. The van der Waals surface area contributed by atoms with Gasteiger partial charge in [-0.05, 0) is 30.7 Å². The Labute approximate surface area is 190 Å². The van der Waals surface area contributed by atoms with Crippen molar-refractivity contribution in [2.75, 3.05) is 20.2 Å². The maximum atomic E-state index is 12.7. The van der Waals surface area contributed by atoms with Crippen LogP contribution in [-0.4, -0.2) is 65.3 Å². The minimum atomic E-state index is -1.24. The van der Waals surface area contributed by atoms with Gasteiger partial charge in [0.15, 0.2) is 0 Å². The lowest BCUT2D eigenvalue weighted by Gasteiger charge is -2.27. The van der Waals surface area contributed by atoms with Crippen molar-refractivity contribution in [2.24, 2.45) is 5.92 Å². The fourth-order valence-electron chi connectivity index (χ4n) is 4.20. The first-order chi connectivity index (χ1) is 15.4. The van der Waals surface area contributed by atoms with Gasteiger partial charge in [-0.2, -0.15) is 0 Å². The first-order valence-corrected chi connectivity index (χ1v) is 11.6. The third kappa shape index (κ3) is 9.26. The van der Waals surface area contributed by atoms with E-state index in [4.69, 9.17) is 5.11 Å². The van der Waals surface area contributed by atoms with Crippen LogP contribution < -0.4 is 10.6 Å². The summed E-state index contributed by atoms with van der Waals surface area (Å²) in [5, 5.41) is 23.9. The van der Waals surface area contributed by atoms with E-state index >= 15 is 0 Å². The molecule has 0 heterocycles. The molecule has 1 aliphatic rings. The molecular weight excluding hydrogens is 410 g/mol. The van der Waals surface area contributed by atoms with Crippen molar-refractivity contribution in [3.05, 3.63) is 35.9 Å². The highest BCUT2D eigenvalue weighted by Crippen LogP contribution is 2.27. The Morgan fingerprint density at radius 3 is 2.41 bits per heavy atom. The monoisotopic (exact) mass is 447 g/mol. The molecule has 8 heteroatoms. The van der Waals surface area contributed by atoms with E-state index in [9.17, 15) is 19.5 Å². The number of nitrogens with one attached hydrogen (secondary N) is 2. The molecule has 3 amide bonds. The topological polar surface area (TPSA) is 119 Å². The van der Waals surface area contributed by atoms with Crippen molar-refractivity contribution < 1.29 is 24.6 Å². The molecular formula is C24H37N3O5. The molecule has 2 atom stereocenters. The van der Waals surface area contributed by atoms with Crippen LogP contribution >= 0.6 is 0 Å². The lowest BCUT2D eigenvalue weighted by Crippen LogP contribution is -2.51. The normalized spacial score (nSPS) is 16.1. The van der Waals surface area contributed by atoms with E-state index in [0.29, 0.717) is 25.3 Å². The predicted molar refractivity (Wildman–Crippen MR) is 122 cm³/mol. The van der Waals surface area contributed by atoms with Crippen LogP contribution in [0.5, 0.6) is 0 Å². The van der Waals surface area contributed by atoms with Crippen LogP contribution in [0.25, 0.3) is 0 Å². The molecule has 0 aliphatic heterocycles. The third-order valence-corrected chi connectivity index (χ3v) is 6.19. The molecule has 4 N–H and O–H groups in total. The number of carboxylic acid groups (broad SMARTS) is 1. The number of hydrogen-bond acceptors (Lipinski definition) is 4. The zero-order valence-corrected chi connectivity index (χ0v) is 19.0. The summed E-state index contributed by atoms with van der Waals surface area (Å²) in [6.07, 6.45) is 5.84. The summed E-state index contributed by atoms with van der Waals surface area (Å²) in [6, 6.07) is 8.47. The second-order valence-electron chi connectivity index (χ2n) is 8.72. The minimum absolute atomic E-state index is 0.0592. The van der Waals surface area contributed by atoms with Crippen LogP contribution in [0.3, 0.4) is 0 Å². The number of aliphatic hydroxyl groups excluding tert-OH is 1. The van der Waals surface area contributed by atoms with Crippen molar-refractivity contribution in [1.29, 1.82) is 0 Å². The second kappa shape index (κ2) is 13.7. The number of carbonyl (C=O) groups excluding carboxylic acids is 2. The zero-order chi connectivity index (χ0) is 23.3. The maximum absolute atomic E-state index is 12.7. The first kappa shape index (κ1) is 25.6. The van der Waals surface area contributed by atoms with E-state index in [2.05, 4.69) is 10.6 Å². The highest BCUT2D eigenvalue weighted by molar-refractivity contribution is 5.85. The molecule has 0 spiro atoms. The van der Waals surface area contributed by atoms with Crippen molar-refractivity contribution in [2.45, 2.75) is 69.9 Å². The highest BCUT2D eigenvalue weighted by Gasteiger charge is 2.27. The average molecular weight is 448 g/mol. The summed E-state index contributed by atoms with van der Waals surface area (Å²) in [6.45, 7) is 0.279. The van der Waals surface area contributed by atoms with E-state index in [1.54, 1.807) is 11.9 Å². The molecule has 8 nitrogen and oxygen atoms in total. The van der Waals surface area contributed by atoms with Crippen molar-refractivity contribution >= 4 is 17.9 Å². The number of likely N-dealkylation sites (N-methyl/N-ethyl adjacent to an activating group) is 1. The minimum Gasteiger partial charge on any atom is -0.465 e. The van der Waals surface area contributed by atoms with E-state index in [1.165, 1.54) is 6.42 Å². The van der Waals surface area contributed by atoms with Gasteiger partial charge >= 0.3 is 6.09 Å². The molecule has 1 aromatic carbocycles. The highest BCUT2D eigenvalue weighted by atomic mass is 16.4. The largest absolute Gasteiger partial charge is 0.465 e. The molecule has 0 bridgehead atoms. The van der Waals surface area contributed by atoms with Crippen LogP contribution in [0.1, 0.15) is 56.9 Å². The Bertz CT molecular complexity index is 722. The molecule has 0 radical (unpaired) electrons. The number of rotatable bonds is 12. The van der Waals surface area contributed by atoms with Crippen LogP contribution in [0.4, 0.5) is 4.79 Å². The van der Waals surface area contributed by atoms with Gasteiger partial charge in [-0.1, -0.05) is 62.4 Å². The number of benzene rings is 1. The van der Waals surface area contributed by atoms with Crippen LogP contribution in [0, 0.1) is 5.92 Å². The molecule has 0 aromatic heterocycles. The maximum Gasteiger partial charge on any atom is 0.405 e. The fraction of sp³-hybridized carbons (Fsp3) is 0.625. The first-order valence-electron chi connectivity index (χ1n) is 11.6. The standard InChI is InChI=1S/C24H37N3O5/c1-27(15-14-18-8-4-2-5-9-18)22(29)13-12-20(17-28)25-23(30)21(26-24(31)32)16-19-10-6-3-7-11-19/h2,4-5,8-9,19-21,26,28H,3,6-7,10-17H2,1H3,(H,25,30)(H,31,32)/t20-,21-/m0/s1. The second-order valence-corrected chi connectivity index (χ2v) is 8.72. The fourth-order valence-corrected chi connectivity index (χ4v) is 4.20. The molecule has 1 fully saturated rings. The Morgan fingerprint density at radius 1 is 1.09 bits per heavy atom. The SMILES string of the molecule is CN(CCc1ccccc1)C(=O)CC[C@@H](CO)NC(=O)[C@H](CC1CCCCC1)NC(=O)O. The van der Waals surface area contributed by atoms with Crippen LogP contribution in [-0.2, 0) is 16.0 Å². The van der Waals surface area contributed by atoms with Gasteiger partial charge in [0.05, 0.1) is 12.6 Å². The molecule has 0 saturated heterocycles. The summed E-state index contributed by atoms with van der Waals surface area (Å²) in [7, 11) is 1.74. The quantitative estimate of drug-likeness (QED) is 0.393. The van der Waals surface area contributed by atoms with Gasteiger partial charge in [0, 0.05) is 20.0 Å². The molecule has 1 saturated carbocycles. The Balaban J connectivity index is 1.80. The number of carbonyl (C=O) groups is 3. The molecule has 178 valence electrons. The number of nitrogens with zero attached hydrogens (tertiary/aromatic N) is 1. The molecule has 2 rings (SSSR count). The van der Waals surface area contributed by atoms with Gasteiger partial charge in [-0.3, -0.25) is 9.59 Å². The van der Waals surface area contributed by atoms with E-state index in [0.717, 1.165) is 37.7 Å².